The molecule has 0 aliphatic rings. The highest BCUT2D eigenvalue weighted by Crippen LogP contribution is 1.63. The Morgan fingerprint density at radius 2 is 2.56 bits per heavy atom. The van der Waals surface area contributed by atoms with Gasteiger partial charge in [-0.2, -0.15) is 0 Å². The van der Waals surface area contributed by atoms with Crippen molar-refractivity contribution in [2.75, 3.05) is 20.3 Å². The second kappa shape index (κ2) is 5.13. The molecule has 0 aromatic carbocycles. The molecule has 3 heteroatoms. The molecule has 3 nitrogen and oxygen atoms in total. The van der Waals surface area contributed by atoms with E-state index in [2.05, 4.69) is 10.1 Å². The Labute approximate surface area is 54.4 Å². The van der Waals surface area contributed by atoms with E-state index in [-0.39, 0.29) is 0 Å². The molecule has 0 heterocycles. The monoisotopic (exact) mass is 127 g/mol. The molecule has 1 amide bonds. The first-order valence-corrected chi connectivity index (χ1v) is 2.54. The van der Waals surface area contributed by atoms with Crippen LogP contribution in [0.5, 0.6) is 0 Å². The lowest BCUT2D eigenvalue weighted by atomic mass is 10.6. The molecule has 0 fully saturated rings. The Balaban J connectivity index is 3.10. The van der Waals surface area contributed by atoms with Crippen LogP contribution in [-0.2, 0) is 9.53 Å². The van der Waals surface area contributed by atoms with Gasteiger partial charge in [0.05, 0.1) is 6.61 Å². The molecule has 0 spiro atoms. The zero-order valence-corrected chi connectivity index (χ0v) is 5.31. The summed E-state index contributed by atoms with van der Waals surface area (Å²) < 4.78 is 4.65. The van der Waals surface area contributed by atoms with Crippen LogP contribution < -0.4 is 5.32 Å². The van der Waals surface area contributed by atoms with E-state index in [1.54, 1.807) is 7.11 Å². The minimum Gasteiger partial charge on any atom is -0.383 e. The van der Waals surface area contributed by atoms with Crippen LogP contribution >= 0.6 is 0 Å². The summed E-state index contributed by atoms with van der Waals surface area (Å²) in [5.41, 5.74) is 0. The van der Waals surface area contributed by atoms with Crippen molar-refractivity contribution in [3.05, 3.63) is 0 Å². The summed E-state index contributed by atoms with van der Waals surface area (Å²) in [7, 11) is 1.56. The first-order valence-electron chi connectivity index (χ1n) is 2.54. The van der Waals surface area contributed by atoms with E-state index in [0.29, 0.717) is 13.2 Å². The third-order valence-corrected chi connectivity index (χ3v) is 0.723. The lowest BCUT2D eigenvalue weighted by molar-refractivity contribution is -0.115. The third-order valence-electron chi connectivity index (χ3n) is 0.723. The molecule has 0 aromatic heterocycles. The molecular formula is C6H9NO2. The average molecular weight is 127 g/mol. The van der Waals surface area contributed by atoms with Crippen molar-refractivity contribution in [2.45, 2.75) is 0 Å². The highest BCUT2D eigenvalue weighted by Gasteiger charge is 1.89. The Bertz CT molecular complexity index is 126. The number of methoxy groups -OCH3 is 1. The number of ether oxygens (including phenoxy) is 1. The van der Waals surface area contributed by atoms with Gasteiger partial charge in [0.2, 0.25) is 0 Å². The summed E-state index contributed by atoms with van der Waals surface area (Å²) in [5.74, 6) is 1.52. The van der Waals surface area contributed by atoms with Crippen molar-refractivity contribution >= 4 is 5.91 Å². The summed E-state index contributed by atoms with van der Waals surface area (Å²) >= 11 is 0. The first-order chi connectivity index (χ1) is 4.31. The van der Waals surface area contributed by atoms with Crippen LogP contribution in [0.25, 0.3) is 0 Å². The minimum atomic E-state index is -0.396. The average Bonchev–Trinajstić information content (AvgIpc) is 1.89. The molecule has 0 aliphatic carbocycles. The van der Waals surface area contributed by atoms with Gasteiger partial charge in [-0.25, -0.2) is 0 Å². The van der Waals surface area contributed by atoms with Crippen LogP contribution in [0.1, 0.15) is 0 Å². The van der Waals surface area contributed by atoms with Crippen molar-refractivity contribution in [1.82, 2.24) is 5.32 Å². The second-order valence-corrected chi connectivity index (χ2v) is 1.39. The fourth-order valence-corrected chi connectivity index (χ4v) is 0.318. The van der Waals surface area contributed by atoms with Crippen LogP contribution in [0.15, 0.2) is 0 Å². The van der Waals surface area contributed by atoms with E-state index >= 15 is 0 Å². The van der Waals surface area contributed by atoms with Crippen LogP contribution in [-0.4, -0.2) is 26.2 Å². The summed E-state index contributed by atoms with van der Waals surface area (Å²) in [4.78, 5) is 10.3. The van der Waals surface area contributed by atoms with E-state index in [0.717, 1.165) is 0 Å². The Morgan fingerprint density at radius 3 is 3.00 bits per heavy atom. The third kappa shape index (κ3) is 4.85. The number of terminal acetylenes is 1. The molecule has 0 radical (unpaired) electrons. The van der Waals surface area contributed by atoms with Gasteiger partial charge >= 0.3 is 0 Å². The highest BCUT2D eigenvalue weighted by atomic mass is 16.5. The zero-order chi connectivity index (χ0) is 7.11. The number of carbonyl (C=O) groups excluding carboxylic acids is 1. The minimum absolute atomic E-state index is 0.396. The molecule has 0 saturated carbocycles. The van der Waals surface area contributed by atoms with Gasteiger partial charge in [0, 0.05) is 13.7 Å². The van der Waals surface area contributed by atoms with Crippen LogP contribution in [0.2, 0.25) is 0 Å². The number of hydrogen-bond acceptors (Lipinski definition) is 2. The molecular weight excluding hydrogens is 118 g/mol. The van der Waals surface area contributed by atoms with E-state index < -0.39 is 5.91 Å². The second-order valence-electron chi connectivity index (χ2n) is 1.39. The van der Waals surface area contributed by atoms with Crippen LogP contribution in [0.3, 0.4) is 0 Å². The predicted molar refractivity (Wildman–Crippen MR) is 33.7 cm³/mol. The molecule has 0 aliphatic heterocycles. The van der Waals surface area contributed by atoms with Gasteiger partial charge in [-0.05, 0) is 5.92 Å². The van der Waals surface area contributed by atoms with Gasteiger partial charge in [-0.1, -0.05) is 0 Å². The molecule has 0 unspecified atom stereocenters. The maximum absolute atomic E-state index is 10.3. The van der Waals surface area contributed by atoms with E-state index in [1.165, 1.54) is 0 Å². The molecule has 1 N–H and O–H groups in total. The van der Waals surface area contributed by atoms with Gasteiger partial charge in [0.25, 0.3) is 5.91 Å². The van der Waals surface area contributed by atoms with Gasteiger partial charge < -0.3 is 10.1 Å². The smallest absolute Gasteiger partial charge is 0.295 e. The van der Waals surface area contributed by atoms with Crippen molar-refractivity contribution < 1.29 is 9.53 Å². The quantitative estimate of drug-likeness (QED) is 0.405. The van der Waals surface area contributed by atoms with Gasteiger partial charge in [0.15, 0.2) is 0 Å². The normalized spacial score (nSPS) is 8.00. The number of carbonyl (C=O) groups is 1. The van der Waals surface area contributed by atoms with Crippen molar-refractivity contribution in [3.8, 4) is 12.3 Å². The topological polar surface area (TPSA) is 38.3 Å². The maximum Gasteiger partial charge on any atom is 0.295 e. The number of hydrogen-bond donors (Lipinski definition) is 1. The zero-order valence-electron chi connectivity index (χ0n) is 5.31. The van der Waals surface area contributed by atoms with Gasteiger partial charge in [-0.3, -0.25) is 4.79 Å². The number of amides is 1. The standard InChI is InChI=1S/C6H9NO2/c1-3-6(8)7-4-5-9-2/h1H,4-5H2,2H3,(H,7,8). The van der Waals surface area contributed by atoms with E-state index in [1.807, 2.05) is 5.92 Å². The fourth-order valence-electron chi connectivity index (χ4n) is 0.318. The summed E-state index contributed by atoms with van der Waals surface area (Å²) in [6, 6.07) is 0. The lowest BCUT2D eigenvalue weighted by Gasteiger charge is -1.96. The maximum atomic E-state index is 10.3. The summed E-state index contributed by atoms with van der Waals surface area (Å²) in [6.07, 6.45) is 4.75. The first kappa shape index (κ1) is 7.99. The Morgan fingerprint density at radius 1 is 1.89 bits per heavy atom. The van der Waals surface area contributed by atoms with Crippen LogP contribution in [0, 0.1) is 12.3 Å². The molecule has 0 atom stereocenters. The molecule has 9 heavy (non-hydrogen) atoms. The number of nitrogens with one attached hydrogen (secondary N) is 1. The SMILES string of the molecule is C#CC(=O)NCCOC. The molecule has 50 valence electrons. The Kier molecular flexibility index (Phi) is 4.56. The largest absolute Gasteiger partial charge is 0.383 e. The summed E-state index contributed by atoms with van der Waals surface area (Å²) in [6.45, 7) is 0.965. The van der Waals surface area contributed by atoms with E-state index in [9.17, 15) is 4.79 Å². The van der Waals surface area contributed by atoms with Crippen LogP contribution in [0.4, 0.5) is 0 Å². The molecule has 0 bridgehead atoms. The Hall–Kier alpha value is -1.01. The van der Waals surface area contributed by atoms with Crippen molar-refractivity contribution in [1.29, 1.82) is 0 Å². The van der Waals surface area contributed by atoms with Crippen molar-refractivity contribution in [2.24, 2.45) is 0 Å². The van der Waals surface area contributed by atoms with Gasteiger partial charge in [-0.15, -0.1) is 6.42 Å². The van der Waals surface area contributed by atoms with Crippen molar-refractivity contribution in [3.63, 3.8) is 0 Å². The molecule has 0 saturated heterocycles. The molecule has 0 aromatic rings. The van der Waals surface area contributed by atoms with Gasteiger partial charge in [0.1, 0.15) is 0 Å². The number of rotatable bonds is 3. The summed E-state index contributed by atoms with van der Waals surface area (Å²) in [5, 5.41) is 2.43. The molecule has 0 rings (SSSR count). The predicted octanol–water partition coefficient (Wildman–Crippen LogP) is -0.618. The fraction of sp³-hybridized carbons (Fsp3) is 0.500. The van der Waals surface area contributed by atoms with E-state index in [4.69, 9.17) is 6.42 Å². The highest BCUT2D eigenvalue weighted by molar-refractivity contribution is 5.92. The lowest BCUT2D eigenvalue weighted by Crippen LogP contribution is -2.25.